The molecule has 1 aliphatic rings. The van der Waals surface area contributed by atoms with Crippen LogP contribution in [0, 0.1) is 11.8 Å². The summed E-state index contributed by atoms with van der Waals surface area (Å²) in [6.07, 6.45) is 6.98. The van der Waals surface area contributed by atoms with Crippen molar-refractivity contribution in [3.05, 3.63) is 18.0 Å². The summed E-state index contributed by atoms with van der Waals surface area (Å²) in [7, 11) is 0. The monoisotopic (exact) mass is 346 g/mol. The molecule has 6 heteroatoms. The van der Waals surface area contributed by atoms with Crippen LogP contribution < -0.4 is 10.2 Å². The van der Waals surface area contributed by atoms with Gasteiger partial charge in [-0.15, -0.1) is 0 Å². The van der Waals surface area contributed by atoms with Gasteiger partial charge in [0, 0.05) is 43.9 Å². The lowest BCUT2D eigenvalue weighted by Crippen LogP contribution is -2.35. The Balaban J connectivity index is 1.82. The maximum absolute atomic E-state index is 11.9. The zero-order valence-corrected chi connectivity index (χ0v) is 15.8. The molecule has 138 valence electrons. The van der Waals surface area contributed by atoms with Crippen molar-refractivity contribution < 1.29 is 9.59 Å². The van der Waals surface area contributed by atoms with Crippen molar-refractivity contribution in [2.75, 3.05) is 18.0 Å². The molecule has 1 aromatic rings. The van der Waals surface area contributed by atoms with E-state index in [1.165, 1.54) is 0 Å². The van der Waals surface area contributed by atoms with E-state index in [4.69, 9.17) is 0 Å². The highest BCUT2D eigenvalue weighted by Crippen LogP contribution is 2.24. The summed E-state index contributed by atoms with van der Waals surface area (Å²) in [5, 5.41) is 2.83. The number of nitrogens with one attached hydrogen (secondary N) is 1. The van der Waals surface area contributed by atoms with Crippen molar-refractivity contribution >= 4 is 17.6 Å². The summed E-state index contributed by atoms with van der Waals surface area (Å²) in [4.78, 5) is 34.6. The van der Waals surface area contributed by atoms with Crippen molar-refractivity contribution in [1.29, 1.82) is 0 Å². The number of hydrogen-bond acceptors (Lipinski definition) is 5. The van der Waals surface area contributed by atoms with Gasteiger partial charge < -0.3 is 10.2 Å². The molecule has 0 unspecified atom stereocenters. The summed E-state index contributed by atoms with van der Waals surface area (Å²) in [5.41, 5.74) is 0.486. The fourth-order valence-electron chi connectivity index (χ4n) is 3.00. The van der Waals surface area contributed by atoms with Gasteiger partial charge >= 0.3 is 0 Å². The molecule has 1 amide bonds. The summed E-state index contributed by atoms with van der Waals surface area (Å²) in [5.74, 6) is 1.64. The fourth-order valence-corrected chi connectivity index (χ4v) is 3.00. The molecule has 2 rings (SSSR count). The van der Waals surface area contributed by atoms with Crippen LogP contribution in [0.15, 0.2) is 12.4 Å². The largest absolute Gasteiger partial charge is 0.350 e. The average Bonchev–Trinajstić information content (AvgIpc) is 2.59. The standard InChI is InChI=1S/C19H30N4O2/c1-13(2)17(24)6-5-15-7-9-23(10-8-15)19-20-11-16(12-21-19)18(25)22-14(3)4/h11-15H,5-10H2,1-4H3,(H,22,25). The zero-order valence-electron chi connectivity index (χ0n) is 15.8. The van der Waals surface area contributed by atoms with E-state index in [-0.39, 0.29) is 17.9 Å². The van der Waals surface area contributed by atoms with Crippen LogP contribution in [0.2, 0.25) is 0 Å². The van der Waals surface area contributed by atoms with Crippen LogP contribution >= 0.6 is 0 Å². The van der Waals surface area contributed by atoms with Crippen LogP contribution in [-0.4, -0.2) is 40.8 Å². The van der Waals surface area contributed by atoms with Gasteiger partial charge in [-0.3, -0.25) is 9.59 Å². The van der Waals surface area contributed by atoms with Crippen molar-refractivity contribution in [2.45, 2.75) is 59.4 Å². The molecule has 0 saturated carbocycles. The molecule has 1 aromatic heterocycles. The Morgan fingerprint density at radius 2 is 1.76 bits per heavy atom. The van der Waals surface area contributed by atoms with Gasteiger partial charge in [0.1, 0.15) is 5.78 Å². The number of amides is 1. The van der Waals surface area contributed by atoms with Gasteiger partial charge in [-0.05, 0) is 39.0 Å². The molecule has 0 radical (unpaired) electrons. The number of anilines is 1. The Bertz CT molecular complexity index is 576. The second kappa shape index (κ2) is 8.92. The van der Waals surface area contributed by atoms with Crippen molar-refractivity contribution in [3.63, 3.8) is 0 Å². The van der Waals surface area contributed by atoms with Crippen LogP contribution in [0.4, 0.5) is 5.95 Å². The third-order valence-electron chi connectivity index (χ3n) is 4.66. The number of Topliss-reactive ketones (excluding diaryl/α,β-unsaturated/α-hetero) is 1. The molecule has 1 fully saturated rings. The van der Waals surface area contributed by atoms with E-state index in [1.54, 1.807) is 12.4 Å². The number of hydrogen-bond donors (Lipinski definition) is 1. The number of carbonyl (C=O) groups excluding carboxylic acids is 2. The van der Waals surface area contributed by atoms with E-state index in [0.29, 0.717) is 29.6 Å². The third-order valence-corrected chi connectivity index (χ3v) is 4.66. The summed E-state index contributed by atoms with van der Waals surface area (Å²) in [6.45, 7) is 9.58. The molecule has 25 heavy (non-hydrogen) atoms. The smallest absolute Gasteiger partial charge is 0.254 e. The summed E-state index contributed by atoms with van der Waals surface area (Å²) >= 11 is 0. The molecule has 6 nitrogen and oxygen atoms in total. The van der Waals surface area contributed by atoms with Crippen LogP contribution in [0.25, 0.3) is 0 Å². The first-order chi connectivity index (χ1) is 11.9. The molecule has 0 spiro atoms. The number of aromatic nitrogens is 2. The van der Waals surface area contributed by atoms with Crippen LogP contribution in [0.5, 0.6) is 0 Å². The van der Waals surface area contributed by atoms with E-state index in [9.17, 15) is 9.59 Å². The number of piperidine rings is 1. The van der Waals surface area contributed by atoms with E-state index >= 15 is 0 Å². The third kappa shape index (κ3) is 5.80. The molecule has 0 atom stereocenters. The Kier molecular flexibility index (Phi) is 6.91. The fraction of sp³-hybridized carbons (Fsp3) is 0.684. The van der Waals surface area contributed by atoms with Gasteiger partial charge in [0.05, 0.1) is 5.56 Å². The van der Waals surface area contributed by atoms with Crippen LogP contribution in [-0.2, 0) is 4.79 Å². The minimum Gasteiger partial charge on any atom is -0.350 e. The lowest BCUT2D eigenvalue weighted by atomic mass is 9.90. The number of ketones is 1. The Hall–Kier alpha value is -1.98. The zero-order chi connectivity index (χ0) is 18.4. The van der Waals surface area contributed by atoms with Crippen molar-refractivity contribution in [3.8, 4) is 0 Å². The number of rotatable bonds is 7. The molecule has 0 aliphatic carbocycles. The molecule has 2 heterocycles. The minimum atomic E-state index is -0.143. The molecule has 1 N–H and O–H groups in total. The molecule has 1 saturated heterocycles. The highest BCUT2D eigenvalue weighted by Gasteiger charge is 2.22. The Labute approximate surface area is 150 Å². The molecule has 1 aliphatic heterocycles. The minimum absolute atomic E-state index is 0.0915. The predicted molar refractivity (Wildman–Crippen MR) is 98.7 cm³/mol. The highest BCUT2D eigenvalue weighted by atomic mass is 16.1. The SMILES string of the molecule is CC(C)NC(=O)c1cnc(N2CCC(CCC(=O)C(C)C)CC2)nc1. The van der Waals surface area contributed by atoms with Gasteiger partial charge in [-0.1, -0.05) is 13.8 Å². The quantitative estimate of drug-likeness (QED) is 0.822. The van der Waals surface area contributed by atoms with E-state index < -0.39 is 0 Å². The topological polar surface area (TPSA) is 75.2 Å². The highest BCUT2D eigenvalue weighted by molar-refractivity contribution is 5.93. The molecular formula is C19H30N4O2. The first-order valence-electron chi connectivity index (χ1n) is 9.27. The average molecular weight is 346 g/mol. The molecule has 0 aromatic carbocycles. The maximum Gasteiger partial charge on any atom is 0.254 e. The predicted octanol–water partition coefficient (Wildman–Crippen LogP) is 2.84. The van der Waals surface area contributed by atoms with E-state index in [1.807, 2.05) is 27.7 Å². The van der Waals surface area contributed by atoms with Crippen LogP contribution in [0.1, 0.15) is 63.7 Å². The lowest BCUT2D eigenvalue weighted by molar-refractivity contribution is -0.122. The molecular weight excluding hydrogens is 316 g/mol. The second-order valence-electron chi connectivity index (χ2n) is 7.49. The van der Waals surface area contributed by atoms with Gasteiger partial charge in [0.25, 0.3) is 5.91 Å². The first kappa shape index (κ1) is 19.3. The van der Waals surface area contributed by atoms with Gasteiger partial charge in [-0.2, -0.15) is 0 Å². The summed E-state index contributed by atoms with van der Waals surface area (Å²) in [6, 6.07) is 0.0915. The normalized spacial score (nSPS) is 15.7. The number of carbonyl (C=O) groups is 2. The summed E-state index contributed by atoms with van der Waals surface area (Å²) < 4.78 is 0. The van der Waals surface area contributed by atoms with Gasteiger partial charge in [0.15, 0.2) is 0 Å². The lowest BCUT2D eigenvalue weighted by Gasteiger charge is -2.32. The van der Waals surface area contributed by atoms with E-state index in [2.05, 4.69) is 20.2 Å². The van der Waals surface area contributed by atoms with Gasteiger partial charge in [0.2, 0.25) is 5.95 Å². The van der Waals surface area contributed by atoms with E-state index in [0.717, 1.165) is 32.4 Å². The van der Waals surface area contributed by atoms with Crippen molar-refractivity contribution in [2.24, 2.45) is 11.8 Å². The van der Waals surface area contributed by atoms with Crippen molar-refractivity contribution in [1.82, 2.24) is 15.3 Å². The Morgan fingerprint density at radius 1 is 1.16 bits per heavy atom. The molecule has 0 bridgehead atoms. The van der Waals surface area contributed by atoms with Gasteiger partial charge in [-0.25, -0.2) is 9.97 Å². The second-order valence-corrected chi connectivity index (χ2v) is 7.49. The first-order valence-corrected chi connectivity index (χ1v) is 9.27. The number of nitrogens with zero attached hydrogens (tertiary/aromatic N) is 3. The van der Waals surface area contributed by atoms with Crippen LogP contribution in [0.3, 0.4) is 0 Å². The maximum atomic E-state index is 11.9. The Morgan fingerprint density at radius 3 is 2.28 bits per heavy atom.